The summed E-state index contributed by atoms with van der Waals surface area (Å²) in [6.45, 7) is 0.420. The summed E-state index contributed by atoms with van der Waals surface area (Å²) in [5.41, 5.74) is 0.485. The number of amides is 2. The van der Waals surface area contributed by atoms with Crippen molar-refractivity contribution in [2.75, 3.05) is 6.54 Å². The number of likely N-dealkylation sites (tertiary alicyclic amines) is 1. The molecule has 2 amide bonds. The fourth-order valence-electron chi connectivity index (χ4n) is 3.38. The quantitative estimate of drug-likeness (QED) is 0.798. The molecule has 1 fully saturated rings. The molecule has 7 heteroatoms. The van der Waals surface area contributed by atoms with Gasteiger partial charge in [0.05, 0.1) is 0 Å². The number of carbonyl (C=O) groups is 3. The third-order valence-corrected chi connectivity index (χ3v) is 5.84. The molecule has 2 N–H and O–H groups in total. The van der Waals surface area contributed by atoms with Gasteiger partial charge < -0.3 is 15.3 Å². The molecule has 3 rings (SSSR count). The van der Waals surface area contributed by atoms with E-state index in [0.29, 0.717) is 31.4 Å². The summed E-state index contributed by atoms with van der Waals surface area (Å²) in [6.07, 6.45) is 4.50. The molecule has 1 saturated heterocycles. The van der Waals surface area contributed by atoms with Gasteiger partial charge in [-0.1, -0.05) is 24.3 Å². The van der Waals surface area contributed by atoms with E-state index in [1.165, 1.54) is 4.90 Å². The number of carboxylic acid groups (broad SMARTS) is 1. The molecule has 0 saturated carbocycles. The molecule has 6 nitrogen and oxygen atoms in total. The first-order chi connectivity index (χ1) is 12.6. The summed E-state index contributed by atoms with van der Waals surface area (Å²) in [7, 11) is 0. The van der Waals surface area contributed by atoms with Crippen LogP contribution in [0.1, 0.15) is 36.0 Å². The number of nitrogens with zero attached hydrogens (tertiary/aromatic N) is 1. The molecule has 0 bridgehead atoms. The Bertz CT molecular complexity index is 699. The minimum absolute atomic E-state index is 0.214. The van der Waals surface area contributed by atoms with E-state index in [2.05, 4.69) is 5.32 Å². The molecule has 2 aliphatic heterocycles. The second-order valence-corrected chi connectivity index (χ2v) is 7.73. The molecule has 1 unspecified atom stereocenters. The van der Waals surface area contributed by atoms with Gasteiger partial charge in [0.15, 0.2) is 0 Å². The molecule has 26 heavy (non-hydrogen) atoms. The number of allylic oxidation sites excluding steroid dienone is 1. The highest BCUT2D eigenvalue weighted by Gasteiger charge is 2.38. The Morgan fingerprint density at radius 2 is 2.04 bits per heavy atom. The molecule has 0 spiro atoms. The van der Waals surface area contributed by atoms with Crippen molar-refractivity contribution < 1.29 is 19.5 Å². The SMILES string of the molecule is O=C(N[C@@H](CC1CC=CS1)C(=O)N1CCC[C@H]1C(=O)O)c1ccccc1. The van der Waals surface area contributed by atoms with Crippen molar-refractivity contribution in [2.24, 2.45) is 0 Å². The highest BCUT2D eigenvalue weighted by molar-refractivity contribution is 8.03. The highest BCUT2D eigenvalue weighted by atomic mass is 32.2. The standard InChI is InChI=1S/C19H22N2O4S/c22-17(13-6-2-1-3-7-13)20-15(12-14-8-5-11-26-14)18(23)21-10-4-9-16(21)19(24)25/h1-3,5-7,11,14-16H,4,8-10,12H2,(H,20,22)(H,24,25)/t14?,15-,16-/m0/s1. The third-order valence-electron chi connectivity index (χ3n) is 4.73. The van der Waals surface area contributed by atoms with E-state index in [0.717, 1.165) is 6.42 Å². The summed E-state index contributed by atoms with van der Waals surface area (Å²) in [6, 6.07) is 7.22. The van der Waals surface area contributed by atoms with Crippen molar-refractivity contribution >= 4 is 29.5 Å². The zero-order valence-electron chi connectivity index (χ0n) is 14.3. The zero-order valence-corrected chi connectivity index (χ0v) is 15.2. The Kier molecular flexibility index (Phi) is 5.98. The van der Waals surface area contributed by atoms with Crippen molar-refractivity contribution in [1.82, 2.24) is 10.2 Å². The lowest BCUT2D eigenvalue weighted by Gasteiger charge is -2.28. The van der Waals surface area contributed by atoms with Gasteiger partial charge in [0, 0.05) is 17.4 Å². The summed E-state index contributed by atoms with van der Waals surface area (Å²) in [4.78, 5) is 38.4. The van der Waals surface area contributed by atoms with E-state index < -0.39 is 18.1 Å². The van der Waals surface area contributed by atoms with E-state index in [9.17, 15) is 19.5 Å². The van der Waals surface area contributed by atoms with Crippen molar-refractivity contribution in [2.45, 2.75) is 43.0 Å². The summed E-state index contributed by atoms with van der Waals surface area (Å²) in [5.74, 6) is -1.60. The summed E-state index contributed by atoms with van der Waals surface area (Å²) in [5, 5.41) is 14.4. The minimum atomic E-state index is -0.985. The van der Waals surface area contributed by atoms with Gasteiger partial charge in [-0.05, 0) is 43.2 Å². The van der Waals surface area contributed by atoms with E-state index in [1.807, 2.05) is 17.6 Å². The number of carbonyl (C=O) groups excluding carboxylic acids is 2. The number of hydrogen-bond acceptors (Lipinski definition) is 4. The van der Waals surface area contributed by atoms with E-state index in [1.54, 1.807) is 36.0 Å². The lowest BCUT2D eigenvalue weighted by Crippen LogP contribution is -2.52. The molecule has 0 aromatic heterocycles. The van der Waals surface area contributed by atoms with E-state index >= 15 is 0 Å². The average molecular weight is 374 g/mol. The van der Waals surface area contributed by atoms with Crippen molar-refractivity contribution in [3.05, 3.63) is 47.4 Å². The van der Waals surface area contributed by atoms with Crippen LogP contribution in [0.15, 0.2) is 41.8 Å². The predicted molar refractivity (Wildman–Crippen MR) is 99.8 cm³/mol. The predicted octanol–water partition coefficient (Wildman–Crippen LogP) is 2.27. The molecule has 0 aliphatic carbocycles. The Hall–Kier alpha value is -2.28. The van der Waals surface area contributed by atoms with E-state index in [4.69, 9.17) is 0 Å². The van der Waals surface area contributed by atoms with Crippen LogP contribution < -0.4 is 5.32 Å². The number of carboxylic acids is 1. The molecular weight excluding hydrogens is 352 g/mol. The van der Waals surface area contributed by atoms with E-state index in [-0.39, 0.29) is 17.1 Å². The average Bonchev–Trinajstić information content (AvgIpc) is 3.33. The van der Waals surface area contributed by atoms with Gasteiger partial charge in [-0.2, -0.15) is 0 Å². The van der Waals surface area contributed by atoms with Crippen LogP contribution in [0.5, 0.6) is 0 Å². The lowest BCUT2D eigenvalue weighted by molar-refractivity contribution is -0.149. The van der Waals surface area contributed by atoms with Gasteiger partial charge in [-0.15, -0.1) is 11.8 Å². The van der Waals surface area contributed by atoms with Crippen molar-refractivity contribution in [3.8, 4) is 0 Å². The molecule has 2 heterocycles. The smallest absolute Gasteiger partial charge is 0.326 e. The Labute approximate surface area is 156 Å². The molecular formula is C19H22N2O4S. The highest BCUT2D eigenvalue weighted by Crippen LogP contribution is 2.29. The maximum atomic E-state index is 13.0. The molecule has 0 radical (unpaired) electrons. The number of aliphatic carboxylic acids is 1. The fraction of sp³-hybridized carbons (Fsp3) is 0.421. The number of nitrogens with one attached hydrogen (secondary N) is 1. The first-order valence-corrected chi connectivity index (χ1v) is 9.70. The number of thioether (sulfide) groups is 1. The van der Waals surface area contributed by atoms with Crippen LogP contribution in [0.3, 0.4) is 0 Å². The molecule has 138 valence electrons. The maximum Gasteiger partial charge on any atom is 0.326 e. The second-order valence-electron chi connectivity index (χ2n) is 6.52. The van der Waals surface area contributed by atoms with Crippen LogP contribution in [-0.4, -0.2) is 51.7 Å². The normalized spacial score (nSPS) is 23.0. The first kappa shape index (κ1) is 18.5. The maximum absolute atomic E-state index is 13.0. The van der Waals surface area contributed by atoms with Crippen molar-refractivity contribution in [1.29, 1.82) is 0 Å². The Morgan fingerprint density at radius 3 is 2.69 bits per heavy atom. The number of rotatable bonds is 6. The van der Waals surface area contributed by atoms with Crippen LogP contribution in [0.2, 0.25) is 0 Å². The first-order valence-electron chi connectivity index (χ1n) is 8.76. The fourth-order valence-corrected chi connectivity index (χ4v) is 4.35. The minimum Gasteiger partial charge on any atom is -0.480 e. The largest absolute Gasteiger partial charge is 0.480 e. The van der Waals surface area contributed by atoms with Crippen LogP contribution in [-0.2, 0) is 9.59 Å². The zero-order chi connectivity index (χ0) is 18.5. The Balaban J connectivity index is 1.75. The second kappa shape index (κ2) is 8.40. The summed E-state index contributed by atoms with van der Waals surface area (Å²) < 4.78 is 0. The van der Waals surface area contributed by atoms with Crippen LogP contribution >= 0.6 is 11.8 Å². The molecule has 2 aliphatic rings. The molecule has 1 aromatic rings. The monoisotopic (exact) mass is 374 g/mol. The van der Waals surface area contributed by atoms with Gasteiger partial charge >= 0.3 is 5.97 Å². The molecule has 1 aromatic carbocycles. The van der Waals surface area contributed by atoms with Gasteiger partial charge in [-0.25, -0.2) is 4.79 Å². The van der Waals surface area contributed by atoms with Crippen LogP contribution in [0, 0.1) is 0 Å². The van der Waals surface area contributed by atoms with Gasteiger partial charge in [0.2, 0.25) is 5.91 Å². The van der Waals surface area contributed by atoms with Gasteiger partial charge in [0.1, 0.15) is 12.1 Å². The third kappa shape index (κ3) is 4.27. The Morgan fingerprint density at radius 1 is 1.27 bits per heavy atom. The molecule has 3 atom stereocenters. The van der Waals surface area contributed by atoms with Crippen LogP contribution in [0.25, 0.3) is 0 Å². The topological polar surface area (TPSA) is 86.7 Å². The lowest BCUT2D eigenvalue weighted by atomic mass is 10.1. The number of benzene rings is 1. The van der Waals surface area contributed by atoms with Gasteiger partial charge in [-0.3, -0.25) is 9.59 Å². The van der Waals surface area contributed by atoms with Crippen molar-refractivity contribution in [3.63, 3.8) is 0 Å². The van der Waals surface area contributed by atoms with Crippen LogP contribution in [0.4, 0.5) is 0 Å². The number of hydrogen-bond donors (Lipinski definition) is 2. The van der Waals surface area contributed by atoms with Gasteiger partial charge in [0.25, 0.3) is 5.91 Å². The summed E-state index contributed by atoms with van der Waals surface area (Å²) >= 11 is 1.64.